The summed E-state index contributed by atoms with van der Waals surface area (Å²) in [5, 5.41) is 4.46. The van der Waals surface area contributed by atoms with Gasteiger partial charge in [-0.25, -0.2) is 4.39 Å². The Morgan fingerprint density at radius 2 is 2.04 bits per heavy atom. The Labute approximate surface area is 135 Å². The minimum atomic E-state index is -0.277. The second kappa shape index (κ2) is 6.07. The topological polar surface area (TPSA) is 42.8 Å². The van der Waals surface area contributed by atoms with Crippen molar-refractivity contribution >= 4 is 5.71 Å². The lowest BCUT2D eigenvalue weighted by atomic mass is 9.75. The highest BCUT2D eigenvalue weighted by atomic mass is 19.1. The van der Waals surface area contributed by atoms with Gasteiger partial charge in [0.1, 0.15) is 5.83 Å². The number of allylic oxidation sites excluding steroid dienone is 3. The van der Waals surface area contributed by atoms with Crippen LogP contribution in [-0.2, 0) is 0 Å². The summed E-state index contributed by atoms with van der Waals surface area (Å²) in [6, 6.07) is 5.82. The van der Waals surface area contributed by atoms with Gasteiger partial charge >= 0.3 is 0 Å². The molecule has 1 aromatic carbocycles. The smallest absolute Gasteiger partial charge is 0.161 e. The molecule has 1 aromatic rings. The van der Waals surface area contributed by atoms with Crippen molar-refractivity contribution < 1.29 is 13.9 Å². The van der Waals surface area contributed by atoms with E-state index in [2.05, 4.69) is 17.5 Å². The van der Waals surface area contributed by atoms with Crippen LogP contribution in [0.1, 0.15) is 25.3 Å². The van der Waals surface area contributed by atoms with Gasteiger partial charge in [0.25, 0.3) is 0 Å². The van der Waals surface area contributed by atoms with Crippen molar-refractivity contribution in [2.24, 2.45) is 10.5 Å². The quantitative estimate of drug-likeness (QED) is 0.923. The molecule has 122 valence electrons. The molecule has 0 bridgehead atoms. The van der Waals surface area contributed by atoms with Gasteiger partial charge in [-0.15, -0.1) is 0 Å². The summed E-state index contributed by atoms with van der Waals surface area (Å²) >= 11 is 0. The maximum absolute atomic E-state index is 13.6. The van der Waals surface area contributed by atoms with Crippen LogP contribution in [0.25, 0.3) is 0 Å². The van der Waals surface area contributed by atoms with Crippen LogP contribution in [0.4, 0.5) is 4.39 Å². The Bertz CT molecular complexity index is 696. The summed E-state index contributed by atoms with van der Waals surface area (Å²) in [5.74, 6) is 1.18. The van der Waals surface area contributed by atoms with Crippen molar-refractivity contribution in [1.29, 1.82) is 0 Å². The third kappa shape index (κ3) is 2.96. The van der Waals surface area contributed by atoms with Crippen LogP contribution in [0.15, 0.2) is 47.4 Å². The van der Waals surface area contributed by atoms with E-state index in [1.807, 2.05) is 24.3 Å². The third-order valence-corrected chi connectivity index (χ3v) is 4.57. The minimum Gasteiger partial charge on any atom is -0.493 e. The standard InChI is InChI=1S/C18H21FN2O2/c1-18(8-4-5-13(19)11-18)17-10-14(20-21-17)12-6-7-15(22-2)16(9-12)23-3/h4-7,9,11,17,21H,8,10H2,1-3H3. The Balaban J connectivity index is 1.79. The summed E-state index contributed by atoms with van der Waals surface area (Å²) in [5.41, 5.74) is 4.82. The summed E-state index contributed by atoms with van der Waals surface area (Å²) in [6.07, 6.45) is 6.63. The molecule has 3 rings (SSSR count). The molecular formula is C18H21FN2O2. The highest BCUT2D eigenvalue weighted by molar-refractivity contribution is 6.02. The molecule has 1 aliphatic heterocycles. The molecule has 0 radical (unpaired) electrons. The van der Waals surface area contributed by atoms with E-state index in [9.17, 15) is 4.39 Å². The van der Waals surface area contributed by atoms with Gasteiger partial charge in [-0.2, -0.15) is 5.10 Å². The molecule has 1 N–H and O–H groups in total. The number of hydrogen-bond donors (Lipinski definition) is 1. The van der Waals surface area contributed by atoms with E-state index in [4.69, 9.17) is 9.47 Å². The molecule has 0 aromatic heterocycles. The lowest BCUT2D eigenvalue weighted by molar-refractivity contribution is 0.298. The van der Waals surface area contributed by atoms with Crippen LogP contribution in [0.3, 0.4) is 0 Å². The number of benzene rings is 1. The van der Waals surface area contributed by atoms with E-state index >= 15 is 0 Å². The normalized spacial score (nSPS) is 26.3. The first kappa shape index (κ1) is 15.6. The van der Waals surface area contributed by atoms with E-state index in [0.29, 0.717) is 11.5 Å². The van der Waals surface area contributed by atoms with Crippen molar-refractivity contribution in [1.82, 2.24) is 5.43 Å². The molecule has 5 heteroatoms. The third-order valence-electron chi connectivity index (χ3n) is 4.57. The van der Waals surface area contributed by atoms with Crippen LogP contribution < -0.4 is 14.9 Å². The Morgan fingerprint density at radius 1 is 1.26 bits per heavy atom. The first-order valence-corrected chi connectivity index (χ1v) is 7.65. The summed E-state index contributed by atoms with van der Waals surface area (Å²) in [6.45, 7) is 2.06. The molecule has 1 heterocycles. The SMILES string of the molecule is COc1ccc(C2=NNC(C3(C)C=C(F)C=CC3)C2)cc1OC. The van der Waals surface area contributed by atoms with Gasteiger partial charge in [0.15, 0.2) is 11.5 Å². The predicted molar refractivity (Wildman–Crippen MR) is 88.7 cm³/mol. The Morgan fingerprint density at radius 3 is 2.74 bits per heavy atom. The second-order valence-electron chi connectivity index (χ2n) is 6.16. The first-order chi connectivity index (χ1) is 11.1. The zero-order chi connectivity index (χ0) is 16.4. The largest absolute Gasteiger partial charge is 0.493 e. The van der Waals surface area contributed by atoms with Crippen LogP contribution in [-0.4, -0.2) is 26.0 Å². The van der Waals surface area contributed by atoms with Gasteiger partial charge in [-0.1, -0.05) is 13.0 Å². The number of nitrogens with zero attached hydrogens (tertiary/aromatic N) is 1. The van der Waals surface area contributed by atoms with E-state index in [1.54, 1.807) is 20.3 Å². The molecule has 2 aliphatic rings. The summed E-state index contributed by atoms with van der Waals surface area (Å²) in [4.78, 5) is 0. The molecule has 0 saturated carbocycles. The van der Waals surface area contributed by atoms with Gasteiger partial charge < -0.3 is 14.9 Å². The highest BCUT2D eigenvalue weighted by Crippen LogP contribution is 2.38. The molecule has 0 amide bonds. The molecule has 0 saturated heterocycles. The first-order valence-electron chi connectivity index (χ1n) is 7.65. The molecule has 23 heavy (non-hydrogen) atoms. The average Bonchev–Trinajstić information content (AvgIpc) is 3.05. The van der Waals surface area contributed by atoms with E-state index in [-0.39, 0.29) is 17.3 Å². The van der Waals surface area contributed by atoms with Gasteiger partial charge in [-0.3, -0.25) is 0 Å². The molecule has 4 nitrogen and oxygen atoms in total. The summed E-state index contributed by atoms with van der Waals surface area (Å²) < 4.78 is 24.2. The number of hydrogen-bond acceptors (Lipinski definition) is 4. The minimum absolute atomic E-state index is 0.0706. The maximum Gasteiger partial charge on any atom is 0.161 e. The fourth-order valence-electron chi connectivity index (χ4n) is 3.11. The maximum atomic E-state index is 13.6. The number of methoxy groups -OCH3 is 2. The lowest BCUT2D eigenvalue weighted by Crippen LogP contribution is -2.38. The van der Waals surface area contributed by atoms with Gasteiger partial charge in [0, 0.05) is 17.4 Å². The highest BCUT2D eigenvalue weighted by Gasteiger charge is 2.37. The van der Waals surface area contributed by atoms with Gasteiger partial charge in [-0.05, 0) is 36.8 Å². The lowest BCUT2D eigenvalue weighted by Gasteiger charge is -2.32. The van der Waals surface area contributed by atoms with Crippen LogP contribution in [0.2, 0.25) is 0 Å². The molecule has 1 aliphatic carbocycles. The van der Waals surface area contributed by atoms with E-state index in [1.165, 1.54) is 6.08 Å². The van der Waals surface area contributed by atoms with Crippen molar-refractivity contribution in [2.45, 2.75) is 25.8 Å². The fraction of sp³-hybridized carbons (Fsp3) is 0.389. The van der Waals surface area contributed by atoms with Crippen molar-refractivity contribution in [2.75, 3.05) is 14.2 Å². The van der Waals surface area contributed by atoms with Crippen molar-refractivity contribution in [3.8, 4) is 11.5 Å². The van der Waals surface area contributed by atoms with Gasteiger partial charge in [0.05, 0.1) is 26.0 Å². The zero-order valence-electron chi connectivity index (χ0n) is 13.6. The monoisotopic (exact) mass is 316 g/mol. The molecular weight excluding hydrogens is 295 g/mol. The molecule has 0 fully saturated rings. The van der Waals surface area contributed by atoms with E-state index in [0.717, 1.165) is 24.1 Å². The van der Waals surface area contributed by atoms with Gasteiger partial charge in [0.2, 0.25) is 0 Å². The number of nitrogens with one attached hydrogen (secondary N) is 1. The zero-order valence-corrected chi connectivity index (χ0v) is 13.6. The van der Waals surface area contributed by atoms with Crippen LogP contribution in [0, 0.1) is 5.41 Å². The Kier molecular flexibility index (Phi) is 4.11. The predicted octanol–water partition coefficient (Wildman–Crippen LogP) is 3.59. The van der Waals surface area contributed by atoms with Crippen molar-refractivity contribution in [3.05, 3.63) is 47.8 Å². The van der Waals surface area contributed by atoms with Crippen molar-refractivity contribution in [3.63, 3.8) is 0 Å². The fourth-order valence-corrected chi connectivity index (χ4v) is 3.11. The number of halogens is 1. The number of rotatable bonds is 4. The van der Waals surface area contributed by atoms with E-state index < -0.39 is 0 Å². The molecule has 2 atom stereocenters. The van der Waals surface area contributed by atoms with Crippen LogP contribution in [0.5, 0.6) is 11.5 Å². The molecule has 0 spiro atoms. The second-order valence-corrected chi connectivity index (χ2v) is 6.16. The van der Waals surface area contributed by atoms with Crippen LogP contribution >= 0.6 is 0 Å². The number of ether oxygens (including phenoxy) is 2. The number of hydrazone groups is 1. The average molecular weight is 316 g/mol. The molecule has 2 unspecified atom stereocenters. The Hall–Kier alpha value is -2.30. The summed E-state index contributed by atoms with van der Waals surface area (Å²) in [7, 11) is 3.22.